The monoisotopic (exact) mass is 189 g/mol. The fourth-order valence-corrected chi connectivity index (χ4v) is 1.17. The van der Waals surface area contributed by atoms with Gasteiger partial charge in [-0.05, 0) is 38.3 Å². The molecular formula is C11H15N3. The first-order valence-corrected chi connectivity index (χ1v) is 4.34. The molecule has 1 rings (SSSR count). The summed E-state index contributed by atoms with van der Waals surface area (Å²) in [6.45, 7) is 11.1. The zero-order chi connectivity index (χ0) is 10.7. The Balaban J connectivity index is 3.19. The molecule has 0 bridgehead atoms. The maximum atomic E-state index is 5.79. The molecule has 14 heavy (non-hydrogen) atoms. The van der Waals surface area contributed by atoms with Crippen LogP contribution < -0.4 is 11.1 Å². The molecule has 1 aromatic rings. The summed E-state index contributed by atoms with van der Waals surface area (Å²) in [4.78, 5) is 3.92. The van der Waals surface area contributed by atoms with Crippen molar-refractivity contribution in [3.05, 3.63) is 30.0 Å². The summed E-state index contributed by atoms with van der Waals surface area (Å²) in [5, 5.41) is 3.08. The van der Waals surface area contributed by atoms with Gasteiger partial charge in [0.15, 0.2) is 0 Å². The van der Waals surface area contributed by atoms with Gasteiger partial charge in [-0.1, -0.05) is 6.58 Å². The van der Waals surface area contributed by atoms with Crippen LogP contribution in [0.5, 0.6) is 0 Å². The van der Waals surface area contributed by atoms with Crippen molar-refractivity contribution in [2.24, 2.45) is 4.99 Å². The molecule has 3 N–H and O–H groups in total. The van der Waals surface area contributed by atoms with E-state index in [2.05, 4.69) is 23.6 Å². The number of aryl methyl sites for hydroxylation is 1. The molecule has 0 aromatic heterocycles. The summed E-state index contributed by atoms with van der Waals surface area (Å²) in [7, 11) is 0. The maximum Gasteiger partial charge on any atom is 0.0861 e. The Morgan fingerprint density at radius 1 is 1.50 bits per heavy atom. The fourth-order valence-electron chi connectivity index (χ4n) is 1.17. The number of nitrogens with one attached hydrogen (secondary N) is 1. The standard InChI is InChI=1S/C11H15N3/c1-7(2)14-11-6-9(12)8(3)5-10(11)13-4/h5-6,14H,1,4,12H2,2-3H3. The normalized spacial score (nSPS) is 9.57. The molecule has 1 aromatic carbocycles. The van der Waals surface area contributed by atoms with E-state index in [9.17, 15) is 0 Å². The third-order valence-electron chi connectivity index (χ3n) is 1.90. The van der Waals surface area contributed by atoms with Crippen LogP contribution in [-0.4, -0.2) is 6.72 Å². The van der Waals surface area contributed by atoms with Gasteiger partial charge in [0, 0.05) is 11.4 Å². The zero-order valence-electron chi connectivity index (χ0n) is 8.59. The Kier molecular flexibility index (Phi) is 2.92. The number of anilines is 2. The lowest BCUT2D eigenvalue weighted by molar-refractivity contribution is 1.36. The Morgan fingerprint density at radius 3 is 2.64 bits per heavy atom. The van der Waals surface area contributed by atoms with Gasteiger partial charge in [-0.15, -0.1) is 0 Å². The second-order valence-electron chi connectivity index (χ2n) is 3.29. The first kappa shape index (κ1) is 10.3. The van der Waals surface area contributed by atoms with Gasteiger partial charge in [0.2, 0.25) is 0 Å². The molecule has 0 radical (unpaired) electrons. The summed E-state index contributed by atoms with van der Waals surface area (Å²) in [6.07, 6.45) is 0. The van der Waals surface area contributed by atoms with Crippen molar-refractivity contribution in [1.29, 1.82) is 0 Å². The number of hydrogen-bond acceptors (Lipinski definition) is 3. The predicted molar refractivity (Wildman–Crippen MR) is 63.2 cm³/mol. The quantitative estimate of drug-likeness (QED) is 0.567. The van der Waals surface area contributed by atoms with Crippen molar-refractivity contribution >= 4 is 23.8 Å². The molecule has 0 atom stereocenters. The maximum absolute atomic E-state index is 5.79. The van der Waals surface area contributed by atoms with Crippen LogP contribution in [0.25, 0.3) is 0 Å². The van der Waals surface area contributed by atoms with E-state index in [-0.39, 0.29) is 0 Å². The van der Waals surface area contributed by atoms with Gasteiger partial charge in [0.05, 0.1) is 11.4 Å². The SMILES string of the molecule is C=Nc1cc(C)c(N)cc1NC(=C)C. The van der Waals surface area contributed by atoms with Crippen LogP contribution in [0.2, 0.25) is 0 Å². The van der Waals surface area contributed by atoms with Crippen LogP contribution in [0.15, 0.2) is 29.4 Å². The van der Waals surface area contributed by atoms with Crippen LogP contribution in [0.3, 0.4) is 0 Å². The lowest BCUT2D eigenvalue weighted by Gasteiger charge is -2.11. The highest BCUT2D eigenvalue weighted by Gasteiger charge is 2.03. The smallest absolute Gasteiger partial charge is 0.0861 e. The minimum atomic E-state index is 0.737. The molecule has 0 fully saturated rings. The molecule has 3 heteroatoms. The number of hydrogen-bond donors (Lipinski definition) is 2. The molecule has 0 aliphatic carbocycles. The van der Waals surface area contributed by atoms with Gasteiger partial charge in [0.1, 0.15) is 0 Å². The number of rotatable bonds is 3. The molecule has 74 valence electrons. The average Bonchev–Trinajstić information content (AvgIpc) is 2.10. The van der Waals surface area contributed by atoms with Gasteiger partial charge in [-0.2, -0.15) is 0 Å². The number of nitrogen functional groups attached to an aromatic ring is 1. The fraction of sp³-hybridized carbons (Fsp3) is 0.182. The Labute approximate surface area is 84.4 Å². The molecule has 0 aliphatic rings. The summed E-state index contributed by atoms with van der Waals surface area (Å²) < 4.78 is 0. The lowest BCUT2D eigenvalue weighted by atomic mass is 10.1. The van der Waals surface area contributed by atoms with E-state index in [4.69, 9.17) is 5.73 Å². The van der Waals surface area contributed by atoms with Gasteiger partial charge in [-0.3, -0.25) is 4.99 Å². The first-order chi connectivity index (χ1) is 6.54. The van der Waals surface area contributed by atoms with E-state index in [0.29, 0.717) is 0 Å². The topological polar surface area (TPSA) is 50.4 Å². The van der Waals surface area contributed by atoms with E-state index in [1.165, 1.54) is 0 Å². The van der Waals surface area contributed by atoms with E-state index in [1.807, 2.05) is 26.0 Å². The highest BCUT2D eigenvalue weighted by molar-refractivity contribution is 5.75. The molecular weight excluding hydrogens is 174 g/mol. The van der Waals surface area contributed by atoms with Gasteiger partial charge in [-0.25, -0.2) is 0 Å². The van der Waals surface area contributed by atoms with E-state index < -0.39 is 0 Å². The molecule has 0 amide bonds. The summed E-state index contributed by atoms with van der Waals surface area (Å²) in [5.74, 6) is 0. The van der Waals surface area contributed by atoms with Crippen LogP contribution in [0.1, 0.15) is 12.5 Å². The number of allylic oxidation sites excluding steroid dienone is 1. The molecule has 3 nitrogen and oxygen atoms in total. The Hall–Kier alpha value is -1.77. The zero-order valence-corrected chi connectivity index (χ0v) is 8.59. The number of benzene rings is 1. The molecule has 0 saturated heterocycles. The summed E-state index contributed by atoms with van der Waals surface area (Å²) in [5.41, 5.74) is 10.0. The van der Waals surface area contributed by atoms with Crippen molar-refractivity contribution in [3.63, 3.8) is 0 Å². The first-order valence-electron chi connectivity index (χ1n) is 4.34. The van der Waals surface area contributed by atoms with E-state index in [0.717, 1.165) is 28.3 Å². The molecule has 0 heterocycles. The number of nitrogens with two attached hydrogens (primary N) is 1. The van der Waals surface area contributed by atoms with Crippen molar-refractivity contribution in [3.8, 4) is 0 Å². The van der Waals surface area contributed by atoms with E-state index in [1.54, 1.807) is 0 Å². The number of nitrogens with zero attached hydrogens (tertiary/aromatic N) is 1. The average molecular weight is 189 g/mol. The summed E-state index contributed by atoms with van der Waals surface area (Å²) in [6, 6.07) is 3.74. The third kappa shape index (κ3) is 2.13. The molecule has 0 spiro atoms. The Bertz CT molecular complexity index is 380. The second-order valence-corrected chi connectivity index (χ2v) is 3.29. The summed E-state index contributed by atoms with van der Waals surface area (Å²) >= 11 is 0. The van der Waals surface area contributed by atoms with Gasteiger partial charge < -0.3 is 11.1 Å². The molecule has 0 unspecified atom stereocenters. The van der Waals surface area contributed by atoms with E-state index >= 15 is 0 Å². The highest BCUT2D eigenvalue weighted by Crippen LogP contribution is 2.30. The van der Waals surface area contributed by atoms with Crippen LogP contribution in [0, 0.1) is 6.92 Å². The van der Waals surface area contributed by atoms with Gasteiger partial charge >= 0.3 is 0 Å². The van der Waals surface area contributed by atoms with Crippen molar-refractivity contribution < 1.29 is 0 Å². The van der Waals surface area contributed by atoms with Crippen LogP contribution in [-0.2, 0) is 0 Å². The van der Waals surface area contributed by atoms with Crippen molar-refractivity contribution in [2.45, 2.75) is 13.8 Å². The highest BCUT2D eigenvalue weighted by atomic mass is 14.9. The largest absolute Gasteiger partial charge is 0.398 e. The Morgan fingerprint density at radius 2 is 2.14 bits per heavy atom. The predicted octanol–water partition coefficient (Wildman–Crippen LogP) is 2.85. The van der Waals surface area contributed by atoms with Crippen molar-refractivity contribution in [1.82, 2.24) is 0 Å². The lowest BCUT2D eigenvalue weighted by Crippen LogP contribution is -1.97. The molecule has 0 saturated carbocycles. The van der Waals surface area contributed by atoms with Gasteiger partial charge in [0.25, 0.3) is 0 Å². The van der Waals surface area contributed by atoms with Crippen LogP contribution >= 0.6 is 0 Å². The third-order valence-corrected chi connectivity index (χ3v) is 1.90. The second kappa shape index (κ2) is 3.96. The minimum absolute atomic E-state index is 0.737. The van der Waals surface area contributed by atoms with Crippen LogP contribution in [0.4, 0.5) is 17.1 Å². The minimum Gasteiger partial charge on any atom is -0.398 e. The number of aliphatic imine (C=N–C) groups is 1. The molecule has 0 aliphatic heterocycles. The van der Waals surface area contributed by atoms with Crippen molar-refractivity contribution in [2.75, 3.05) is 11.1 Å².